The van der Waals surface area contributed by atoms with Gasteiger partial charge in [-0.05, 0) is 37.6 Å². The van der Waals surface area contributed by atoms with Gasteiger partial charge < -0.3 is 10.6 Å². The fourth-order valence-electron chi connectivity index (χ4n) is 2.84. The van der Waals surface area contributed by atoms with E-state index < -0.39 is 0 Å². The molecule has 2 N–H and O–H groups in total. The third-order valence-electron chi connectivity index (χ3n) is 4.33. The lowest BCUT2D eigenvalue weighted by atomic mass is 9.80. The van der Waals surface area contributed by atoms with E-state index in [2.05, 4.69) is 31.4 Å². The van der Waals surface area contributed by atoms with Crippen LogP contribution >= 0.6 is 0 Å². The molecule has 1 rings (SSSR count). The Balaban J connectivity index is 2.14. The first-order valence-corrected chi connectivity index (χ1v) is 7.67. The van der Waals surface area contributed by atoms with Crippen LogP contribution in [0, 0.1) is 11.8 Å². The molecule has 1 aliphatic rings. The van der Waals surface area contributed by atoms with Gasteiger partial charge in [0.2, 0.25) is 5.91 Å². The van der Waals surface area contributed by atoms with Crippen LogP contribution in [0.5, 0.6) is 0 Å². The average Bonchev–Trinajstić information content (AvgIpc) is 2.38. The Morgan fingerprint density at radius 3 is 2.50 bits per heavy atom. The van der Waals surface area contributed by atoms with Gasteiger partial charge in [0.15, 0.2) is 0 Å². The van der Waals surface area contributed by atoms with E-state index in [4.69, 9.17) is 0 Å². The van der Waals surface area contributed by atoms with Gasteiger partial charge in [0.05, 0.1) is 6.54 Å². The molecule has 0 heterocycles. The Labute approximate surface area is 112 Å². The van der Waals surface area contributed by atoms with Crippen molar-refractivity contribution in [3.63, 3.8) is 0 Å². The summed E-state index contributed by atoms with van der Waals surface area (Å²) >= 11 is 0. The highest BCUT2D eigenvalue weighted by molar-refractivity contribution is 5.78. The van der Waals surface area contributed by atoms with Gasteiger partial charge in [-0.2, -0.15) is 0 Å². The van der Waals surface area contributed by atoms with Gasteiger partial charge >= 0.3 is 0 Å². The number of carbonyl (C=O) groups excluding carboxylic acids is 1. The zero-order valence-electron chi connectivity index (χ0n) is 12.3. The molecule has 0 radical (unpaired) electrons. The van der Waals surface area contributed by atoms with E-state index in [9.17, 15) is 4.79 Å². The van der Waals surface area contributed by atoms with E-state index in [0.717, 1.165) is 31.2 Å². The second kappa shape index (κ2) is 8.52. The highest BCUT2D eigenvalue weighted by Crippen LogP contribution is 2.28. The molecule has 0 aromatic carbocycles. The molecule has 0 bridgehead atoms. The van der Waals surface area contributed by atoms with Crippen LogP contribution < -0.4 is 10.6 Å². The molecule has 0 aromatic heterocycles. The van der Waals surface area contributed by atoms with Crippen molar-refractivity contribution in [2.24, 2.45) is 11.8 Å². The zero-order chi connectivity index (χ0) is 13.4. The van der Waals surface area contributed by atoms with Crippen molar-refractivity contribution in [1.82, 2.24) is 10.6 Å². The van der Waals surface area contributed by atoms with Crippen molar-refractivity contribution in [3.8, 4) is 0 Å². The summed E-state index contributed by atoms with van der Waals surface area (Å²) in [6.07, 6.45) is 7.45. The molecule has 0 spiro atoms. The van der Waals surface area contributed by atoms with E-state index in [0.29, 0.717) is 12.6 Å². The Kier molecular flexibility index (Phi) is 7.33. The van der Waals surface area contributed by atoms with Crippen LogP contribution in [0.2, 0.25) is 0 Å². The molecule has 2 unspecified atom stereocenters. The summed E-state index contributed by atoms with van der Waals surface area (Å²) < 4.78 is 0. The summed E-state index contributed by atoms with van der Waals surface area (Å²) in [4.78, 5) is 11.7. The summed E-state index contributed by atoms with van der Waals surface area (Å²) in [6.45, 7) is 8.05. The lowest BCUT2D eigenvalue weighted by Crippen LogP contribution is -2.41. The van der Waals surface area contributed by atoms with Gasteiger partial charge in [0.1, 0.15) is 0 Å². The maximum atomic E-state index is 11.7. The number of rotatable bonds is 7. The Morgan fingerprint density at radius 2 is 1.89 bits per heavy atom. The van der Waals surface area contributed by atoms with E-state index in [1.165, 1.54) is 25.7 Å². The van der Waals surface area contributed by atoms with Crippen LogP contribution in [0.3, 0.4) is 0 Å². The quantitative estimate of drug-likeness (QED) is 0.733. The lowest BCUT2D eigenvalue weighted by Gasteiger charge is -2.28. The maximum Gasteiger partial charge on any atom is 0.234 e. The Bertz CT molecular complexity index is 239. The zero-order valence-corrected chi connectivity index (χ0v) is 12.3. The molecule has 2 atom stereocenters. The highest BCUT2D eigenvalue weighted by atomic mass is 16.1. The van der Waals surface area contributed by atoms with Crippen molar-refractivity contribution in [2.45, 2.75) is 65.3 Å². The van der Waals surface area contributed by atoms with Crippen LogP contribution in [0.1, 0.15) is 59.3 Å². The average molecular weight is 254 g/mol. The summed E-state index contributed by atoms with van der Waals surface area (Å²) in [6, 6.07) is 0.341. The summed E-state index contributed by atoms with van der Waals surface area (Å²) in [7, 11) is 0. The number of amides is 1. The minimum atomic E-state index is 0.146. The van der Waals surface area contributed by atoms with Gasteiger partial charge in [-0.25, -0.2) is 0 Å². The van der Waals surface area contributed by atoms with Gasteiger partial charge in [-0.3, -0.25) is 4.79 Å². The maximum absolute atomic E-state index is 11.7. The van der Waals surface area contributed by atoms with Crippen LogP contribution in [0.15, 0.2) is 0 Å². The Hall–Kier alpha value is -0.570. The molecule has 106 valence electrons. The van der Waals surface area contributed by atoms with Crippen molar-refractivity contribution >= 4 is 5.91 Å². The second-order valence-electron chi connectivity index (χ2n) is 5.73. The highest BCUT2D eigenvalue weighted by Gasteiger charge is 2.20. The molecule has 1 saturated carbocycles. The number of hydrogen-bond acceptors (Lipinski definition) is 2. The topological polar surface area (TPSA) is 41.1 Å². The molecule has 3 heteroatoms. The molecular formula is C15H30N2O. The smallest absolute Gasteiger partial charge is 0.234 e. The first-order valence-electron chi connectivity index (χ1n) is 7.67. The van der Waals surface area contributed by atoms with Crippen molar-refractivity contribution < 1.29 is 4.79 Å². The van der Waals surface area contributed by atoms with Crippen molar-refractivity contribution in [3.05, 3.63) is 0 Å². The SMILES string of the molecule is CCC(CC)NC(=O)CNCC1CCCCC1C. The molecule has 1 fully saturated rings. The van der Waals surface area contributed by atoms with E-state index in [1.807, 2.05) is 0 Å². The standard InChI is InChI=1S/C15H30N2O/c1-4-14(5-2)17-15(18)11-16-10-13-9-7-6-8-12(13)3/h12-14,16H,4-11H2,1-3H3,(H,17,18). The number of nitrogens with one attached hydrogen (secondary N) is 2. The van der Waals surface area contributed by atoms with Crippen LogP contribution in [0.4, 0.5) is 0 Å². The molecule has 1 aliphatic carbocycles. The number of hydrogen-bond donors (Lipinski definition) is 2. The normalized spacial score (nSPS) is 24.2. The van der Waals surface area contributed by atoms with Gasteiger partial charge in [-0.15, -0.1) is 0 Å². The predicted molar refractivity (Wildman–Crippen MR) is 76.5 cm³/mol. The summed E-state index contributed by atoms with van der Waals surface area (Å²) in [5, 5.41) is 6.39. The van der Waals surface area contributed by atoms with Crippen LogP contribution in [-0.4, -0.2) is 25.0 Å². The third kappa shape index (κ3) is 5.38. The monoisotopic (exact) mass is 254 g/mol. The largest absolute Gasteiger partial charge is 0.352 e. The molecule has 18 heavy (non-hydrogen) atoms. The van der Waals surface area contributed by atoms with Crippen molar-refractivity contribution in [2.75, 3.05) is 13.1 Å². The first-order chi connectivity index (χ1) is 8.67. The van der Waals surface area contributed by atoms with Gasteiger partial charge in [0, 0.05) is 6.04 Å². The first kappa shape index (κ1) is 15.5. The lowest BCUT2D eigenvalue weighted by molar-refractivity contribution is -0.121. The van der Waals surface area contributed by atoms with E-state index >= 15 is 0 Å². The van der Waals surface area contributed by atoms with Crippen molar-refractivity contribution in [1.29, 1.82) is 0 Å². The predicted octanol–water partition coefficient (Wildman–Crippen LogP) is 2.71. The summed E-state index contributed by atoms with van der Waals surface area (Å²) in [5.41, 5.74) is 0. The fraction of sp³-hybridized carbons (Fsp3) is 0.933. The third-order valence-corrected chi connectivity index (χ3v) is 4.33. The molecule has 1 amide bonds. The molecular weight excluding hydrogens is 224 g/mol. The minimum absolute atomic E-state index is 0.146. The second-order valence-corrected chi connectivity index (χ2v) is 5.73. The van der Waals surface area contributed by atoms with Gasteiger partial charge in [-0.1, -0.05) is 40.0 Å². The van der Waals surface area contributed by atoms with E-state index in [-0.39, 0.29) is 5.91 Å². The van der Waals surface area contributed by atoms with Gasteiger partial charge in [0.25, 0.3) is 0 Å². The van der Waals surface area contributed by atoms with E-state index in [1.54, 1.807) is 0 Å². The molecule has 0 aliphatic heterocycles. The minimum Gasteiger partial charge on any atom is -0.352 e. The molecule has 3 nitrogen and oxygen atoms in total. The fourth-order valence-corrected chi connectivity index (χ4v) is 2.84. The molecule has 0 aromatic rings. The number of carbonyl (C=O) groups is 1. The van der Waals surface area contributed by atoms with Crippen LogP contribution in [-0.2, 0) is 4.79 Å². The Morgan fingerprint density at radius 1 is 1.22 bits per heavy atom. The summed E-state index contributed by atoms with van der Waals surface area (Å²) in [5.74, 6) is 1.72. The van der Waals surface area contributed by atoms with Crippen LogP contribution in [0.25, 0.3) is 0 Å². The molecule has 0 saturated heterocycles.